The van der Waals surface area contributed by atoms with E-state index in [1.54, 1.807) is 0 Å². The molecule has 0 aliphatic carbocycles. The first-order valence-electron chi connectivity index (χ1n) is 4.96. The first kappa shape index (κ1) is 12.8. The van der Waals surface area contributed by atoms with Crippen molar-refractivity contribution in [1.82, 2.24) is 4.90 Å². The van der Waals surface area contributed by atoms with Crippen molar-refractivity contribution in [3.8, 4) is 0 Å². The first-order chi connectivity index (χ1) is 7.32. The zero-order valence-electron chi connectivity index (χ0n) is 8.66. The molecule has 0 aromatic heterocycles. The minimum atomic E-state index is -2.73. The summed E-state index contributed by atoms with van der Waals surface area (Å²) in [5.74, 6) is -4.48. The van der Waals surface area contributed by atoms with E-state index < -0.39 is 43.1 Å². The van der Waals surface area contributed by atoms with Gasteiger partial charge >= 0.3 is 5.97 Å². The van der Waals surface area contributed by atoms with Gasteiger partial charge in [0.15, 0.2) is 0 Å². The van der Waals surface area contributed by atoms with E-state index in [2.05, 4.69) is 0 Å². The molecule has 16 heavy (non-hydrogen) atoms. The van der Waals surface area contributed by atoms with E-state index >= 15 is 0 Å². The highest BCUT2D eigenvalue weighted by Gasteiger charge is 2.36. The molecule has 1 aliphatic heterocycles. The second-order valence-corrected chi connectivity index (χ2v) is 3.89. The first-order valence-corrected chi connectivity index (χ1v) is 4.96. The molecule has 92 valence electrons. The minimum absolute atomic E-state index is 0.0703. The van der Waals surface area contributed by atoms with Crippen molar-refractivity contribution >= 4 is 11.9 Å². The molecule has 3 N–H and O–H groups in total. The summed E-state index contributed by atoms with van der Waals surface area (Å²) in [7, 11) is 0. The third kappa shape index (κ3) is 3.41. The molecule has 0 spiro atoms. The highest BCUT2D eigenvalue weighted by molar-refractivity contribution is 5.86. The van der Waals surface area contributed by atoms with Gasteiger partial charge in [0.2, 0.25) is 5.91 Å². The number of halogens is 2. The molecule has 0 aromatic rings. The SMILES string of the molecule is NC(CC(=O)O)C(=O)N1CCC(F)(F)CC1. The summed E-state index contributed by atoms with van der Waals surface area (Å²) < 4.78 is 25.6. The third-order valence-electron chi connectivity index (χ3n) is 2.52. The molecule has 1 rings (SSSR count). The number of carbonyl (C=O) groups excluding carboxylic acids is 1. The smallest absolute Gasteiger partial charge is 0.305 e. The lowest BCUT2D eigenvalue weighted by Gasteiger charge is -2.33. The van der Waals surface area contributed by atoms with Gasteiger partial charge < -0.3 is 15.7 Å². The largest absolute Gasteiger partial charge is 0.481 e. The summed E-state index contributed by atoms with van der Waals surface area (Å²) in [5, 5.41) is 8.44. The Morgan fingerprint density at radius 1 is 1.38 bits per heavy atom. The van der Waals surface area contributed by atoms with E-state index in [-0.39, 0.29) is 13.1 Å². The van der Waals surface area contributed by atoms with Crippen LogP contribution in [0.5, 0.6) is 0 Å². The number of nitrogens with two attached hydrogens (primary N) is 1. The Balaban J connectivity index is 2.47. The number of amides is 1. The Morgan fingerprint density at radius 2 is 1.88 bits per heavy atom. The van der Waals surface area contributed by atoms with E-state index in [1.807, 2.05) is 0 Å². The maximum Gasteiger partial charge on any atom is 0.305 e. The summed E-state index contributed by atoms with van der Waals surface area (Å²) in [4.78, 5) is 23.1. The molecule has 0 aromatic carbocycles. The molecule has 1 fully saturated rings. The summed E-state index contributed by atoms with van der Waals surface area (Å²) in [6, 6.07) is -1.15. The molecule has 1 heterocycles. The van der Waals surface area contributed by atoms with Crippen molar-refractivity contribution in [3.63, 3.8) is 0 Å². The second-order valence-electron chi connectivity index (χ2n) is 3.89. The fourth-order valence-electron chi connectivity index (χ4n) is 1.56. The van der Waals surface area contributed by atoms with Gasteiger partial charge in [-0.1, -0.05) is 0 Å². The second kappa shape index (κ2) is 4.73. The predicted octanol–water partition coefficient (Wildman–Crippen LogP) is 0.0461. The number of hydrogen-bond donors (Lipinski definition) is 2. The number of carboxylic acids is 1. The molecular weight excluding hydrogens is 222 g/mol. The van der Waals surface area contributed by atoms with Crippen molar-refractivity contribution in [1.29, 1.82) is 0 Å². The number of likely N-dealkylation sites (tertiary alicyclic amines) is 1. The van der Waals surface area contributed by atoms with Crippen LogP contribution >= 0.6 is 0 Å². The molecular formula is C9H14F2N2O3. The van der Waals surface area contributed by atoms with E-state index in [4.69, 9.17) is 10.8 Å². The van der Waals surface area contributed by atoms with Crippen molar-refractivity contribution in [2.45, 2.75) is 31.2 Å². The van der Waals surface area contributed by atoms with Crippen LogP contribution in [0, 0.1) is 0 Å². The number of nitrogens with zero attached hydrogens (tertiary/aromatic N) is 1. The van der Waals surface area contributed by atoms with Gasteiger partial charge in [-0.2, -0.15) is 0 Å². The van der Waals surface area contributed by atoms with Crippen LogP contribution in [0.25, 0.3) is 0 Å². The van der Waals surface area contributed by atoms with Crippen molar-refractivity contribution in [2.75, 3.05) is 13.1 Å². The van der Waals surface area contributed by atoms with Gasteiger partial charge in [0, 0.05) is 25.9 Å². The Kier molecular flexibility index (Phi) is 3.79. The third-order valence-corrected chi connectivity index (χ3v) is 2.52. The Morgan fingerprint density at radius 3 is 2.31 bits per heavy atom. The van der Waals surface area contributed by atoms with Crippen LogP contribution in [0.2, 0.25) is 0 Å². The average Bonchev–Trinajstić information content (AvgIpc) is 2.15. The number of alkyl halides is 2. The monoisotopic (exact) mass is 236 g/mol. The number of rotatable bonds is 3. The van der Waals surface area contributed by atoms with Crippen LogP contribution in [0.15, 0.2) is 0 Å². The molecule has 1 aliphatic rings. The van der Waals surface area contributed by atoms with Gasteiger partial charge in [-0.05, 0) is 0 Å². The van der Waals surface area contributed by atoms with Crippen LogP contribution in [0.1, 0.15) is 19.3 Å². The molecule has 1 atom stereocenters. The number of piperidine rings is 1. The Bertz CT molecular complexity index is 286. The maximum absolute atomic E-state index is 12.8. The van der Waals surface area contributed by atoms with Crippen molar-refractivity contribution in [3.05, 3.63) is 0 Å². The van der Waals surface area contributed by atoms with Gasteiger partial charge in [0.05, 0.1) is 12.5 Å². The average molecular weight is 236 g/mol. The fourth-order valence-corrected chi connectivity index (χ4v) is 1.56. The Labute approximate surface area is 91.2 Å². The number of carbonyl (C=O) groups is 2. The lowest BCUT2D eigenvalue weighted by atomic mass is 10.1. The quantitative estimate of drug-likeness (QED) is 0.725. The molecule has 1 unspecified atom stereocenters. The van der Waals surface area contributed by atoms with Crippen LogP contribution in [0.3, 0.4) is 0 Å². The number of aliphatic carboxylic acids is 1. The van der Waals surface area contributed by atoms with Gasteiger partial charge in [0.25, 0.3) is 5.92 Å². The van der Waals surface area contributed by atoms with E-state index in [0.29, 0.717) is 0 Å². The minimum Gasteiger partial charge on any atom is -0.481 e. The Hall–Kier alpha value is -1.24. The van der Waals surface area contributed by atoms with Crippen molar-refractivity contribution < 1.29 is 23.5 Å². The molecule has 0 saturated carbocycles. The van der Waals surface area contributed by atoms with E-state index in [1.165, 1.54) is 4.90 Å². The zero-order valence-corrected chi connectivity index (χ0v) is 8.66. The van der Waals surface area contributed by atoms with Gasteiger partial charge in [-0.15, -0.1) is 0 Å². The highest BCUT2D eigenvalue weighted by atomic mass is 19.3. The van der Waals surface area contributed by atoms with Crippen LogP contribution in [-0.2, 0) is 9.59 Å². The van der Waals surface area contributed by atoms with Crippen LogP contribution < -0.4 is 5.73 Å². The number of hydrogen-bond acceptors (Lipinski definition) is 3. The van der Waals surface area contributed by atoms with Gasteiger partial charge in [0.1, 0.15) is 0 Å². The molecule has 1 amide bonds. The zero-order chi connectivity index (χ0) is 12.3. The van der Waals surface area contributed by atoms with Crippen LogP contribution in [-0.4, -0.2) is 46.9 Å². The lowest BCUT2D eigenvalue weighted by Crippen LogP contribution is -2.49. The van der Waals surface area contributed by atoms with E-state index in [9.17, 15) is 18.4 Å². The summed E-state index contributed by atoms with van der Waals surface area (Å²) in [6.07, 6.45) is -1.26. The fraction of sp³-hybridized carbons (Fsp3) is 0.778. The summed E-state index contributed by atoms with van der Waals surface area (Å²) >= 11 is 0. The van der Waals surface area contributed by atoms with Crippen molar-refractivity contribution in [2.24, 2.45) is 5.73 Å². The molecule has 0 bridgehead atoms. The normalized spacial score (nSPS) is 21.6. The van der Waals surface area contributed by atoms with Gasteiger partial charge in [-0.3, -0.25) is 9.59 Å². The van der Waals surface area contributed by atoms with E-state index in [0.717, 1.165) is 0 Å². The molecule has 5 nitrogen and oxygen atoms in total. The van der Waals surface area contributed by atoms with Gasteiger partial charge in [-0.25, -0.2) is 8.78 Å². The van der Waals surface area contributed by atoms with Crippen LogP contribution in [0.4, 0.5) is 8.78 Å². The summed E-state index contributed by atoms with van der Waals surface area (Å²) in [6.45, 7) is -0.141. The number of carboxylic acid groups (broad SMARTS) is 1. The molecule has 1 saturated heterocycles. The molecule has 7 heteroatoms. The maximum atomic E-state index is 12.8. The molecule has 0 radical (unpaired) electrons. The standard InChI is InChI=1S/C9H14F2N2O3/c10-9(11)1-3-13(4-2-9)8(16)6(12)5-7(14)15/h6H,1-5,12H2,(H,14,15). The highest BCUT2D eigenvalue weighted by Crippen LogP contribution is 2.27. The summed E-state index contributed by atoms with van der Waals surface area (Å²) in [5.41, 5.74) is 5.36. The topological polar surface area (TPSA) is 83.6 Å². The lowest BCUT2D eigenvalue weighted by molar-refractivity contribution is -0.144. The predicted molar refractivity (Wildman–Crippen MR) is 51.0 cm³/mol.